The van der Waals surface area contributed by atoms with Crippen molar-refractivity contribution in [1.29, 1.82) is 0 Å². The summed E-state index contributed by atoms with van der Waals surface area (Å²) < 4.78 is 0. The van der Waals surface area contributed by atoms with Gasteiger partial charge in [0.2, 0.25) is 11.8 Å². The molecule has 0 spiro atoms. The average Bonchev–Trinajstić information content (AvgIpc) is 2.12. The molecule has 80 valence electrons. The predicted octanol–water partition coefficient (Wildman–Crippen LogP) is -0.929. The van der Waals surface area contributed by atoms with E-state index in [2.05, 4.69) is 5.32 Å². The van der Waals surface area contributed by atoms with Crippen LogP contribution in [0.1, 0.15) is 19.8 Å². The normalized spacial score (nSPS) is 24.6. The van der Waals surface area contributed by atoms with E-state index in [1.807, 2.05) is 0 Å². The van der Waals surface area contributed by atoms with Crippen LogP contribution in [-0.4, -0.2) is 42.4 Å². The van der Waals surface area contributed by atoms with E-state index >= 15 is 0 Å². The van der Waals surface area contributed by atoms with E-state index in [9.17, 15) is 9.59 Å². The molecular formula is C9H17N3O2. The number of amides is 2. The number of piperidine rings is 1. The zero-order valence-electron chi connectivity index (χ0n) is 8.62. The molecule has 1 rings (SSSR count). The maximum absolute atomic E-state index is 11.6. The van der Waals surface area contributed by atoms with E-state index in [-0.39, 0.29) is 17.9 Å². The minimum absolute atomic E-state index is 0.0229. The minimum atomic E-state index is -0.560. The van der Waals surface area contributed by atoms with Crippen molar-refractivity contribution in [3.8, 4) is 0 Å². The molecule has 1 aliphatic heterocycles. The van der Waals surface area contributed by atoms with Crippen LogP contribution in [-0.2, 0) is 9.59 Å². The summed E-state index contributed by atoms with van der Waals surface area (Å²) in [6.45, 7) is 2.37. The maximum atomic E-state index is 11.6. The molecule has 1 fully saturated rings. The van der Waals surface area contributed by atoms with E-state index in [1.54, 1.807) is 18.9 Å². The molecule has 0 saturated carbocycles. The third kappa shape index (κ3) is 2.45. The molecule has 2 amide bonds. The molecule has 0 radical (unpaired) electrons. The summed E-state index contributed by atoms with van der Waals surface area (Å²) in [5, 5.41) is 2.64. The van der Waals surface area contributed by atoms with Crippen molar-refractivity contribution < 1.29 is 9.59 Å². The second-order valence-electron chi connectivity index (χ2n) is 3.75. The first-order valence-corrected chi connectivity index (χ1v) is 4.83. The molecule has 1 aliphatic rings. The topological polar surface area (TPSA) is 75.4 Å². The number of hydrogen-bond donors (Lipinski definition) is 2. The molecule has 1 unspecified atom stereocenters. The molecule has 2 atom stereocenters. The monoisotopic (exact) mass is 199 g/mol. The fourth-order valence-corrected chi connectivity index (χ4v) is 1.47. The van der Waals surface area contributed by atoms with Gasteiger partial charge < -0.3 is 16.0 Å². The van der Waals surface area contributed by atoms with Crippen molar-refractivity contribution in [2.75, 3.05) is 13.6 Å². The minimum Gasteiger partial charge on any atom is -0.344 e. The molecule has 0 aromatic rings. The highest BCUT2D eigenvalue weighted by molar-refractivity contribution is 5.89. The van der Waals surface area contributed by atoms with Crippen LogP contribution < -0.4 is 11.1 Å². The fourth-order valence-electron chi connectivity index (χ4n) is 1.47. The second-order valence-corrected chi connectivity index (χ2v) is 3.75. The highest BCUT2D eigenvalue weighted by atomic mass is 16.2. The lowest BCUT2D eigenvalue weighted by Gasteiger charge is -2.29. The van der Waals surface area contributed by atoms with Gasteiger partial charge in [0.1, 0.15) is 6.04 Å². The molecule has 1 saturated heterocycles. The number of nitrogens with two attached hydrogens (primary N) is 1. The number of nitrogens with zero attached hydrogens (tertiary/aromatic N) is 1. The van der Waals surface area contributed by atoms with E-state index < -0.39 is 6.04 Å². The van der Waals surface area contributed by atoms with Gasteiger partial charge in [-0.25, -0.2) is 0 Å². The number of hydrogen-bond acceptors (Lipinski definition) is 3. The third-order valence-corrected chi connectivity index (χ3v) is 2.39. The Bertz CT molecular complexity index is 240. The van der Waals surface area contributed by atoms with Crippen LogP contribution in [0.3, 0.4) is 0 Å². The summed E-state index contributed by atoms with van der Waals surface area (Å²) in [6, 6.07) is -0.942. The zero-order chi connectivity index (χ0) is 10.7. The molecular weight excluding hydrogens is 182 g/mol. The Balaban J connectivity index is 2.51. The van der Waals surface area contributed by atoms with E-state index in [0.29, 0.717) is 6.42 Å². The Morgan fingerprint density at radius 1 is 1.71 bits per heavy atom. The predicted molar refractivity (Wildman–Crippen MR) is 52.5 cm³/mol. The first kappa shape index (κ1) is 11.0. The molecule has 3 N–H and O–H groups in total. The summed E-state index contributed by atoms with van der Waals surface area (Å²) in [4.78, 5) is 24.4. The van der Waals surface area contributed by atoms with Crippen LogP contribution in [0.2, 0.25) is 0 Å². The van der Waals surface area contributed by atoms with Gasteiger partial charge in [-0.15, -0.1) is 0 Å². The third-order valence-electron chi connectivity index (χ3n) is 2.39. The van der Waals surface area contributed by atoms with Gasteiger partial charge in [-0.1, -0.05) is 0 Å². The maximum Gasteiger partial charge on any atom is 0.244 e. The van der Waals surface area contributed by atoms with Crippen molar-refractivity contribution in [2.45, 2.75) is 31.8 Å². The standard InChI is InChI=1S/C9H17N3O2/c1-6(10)8(13)11-7-4-3-5-12(2)9(7)14/h6-7H,3-5,10H2,1-2H3,(H,11,13)/t6-,7?/m0/s1. The number of likely N-dealkylation sites (N-methyl/N-ethyl adjacent to an activating group) is 1. The molecule has 1 heterocycles. The smallest absolute Gasteiger partial charge is 0.244 e. The Morgan fingerprint density at radius 2 is 2.36 bits per heavy atom. The number of likely N-dealkylation sites (tertiary alicyclic amines) is 1. The Kier molecular flexibility index (Phi) is 3.46. The molecule has 5 heteroatoms. The van der Waals surface area contributed by atoms with Gasteiger partial charge in [0.25, 0.3) is 0 Å². The van der Waals surface area contributed by atoms with Crippen LogP contribution in [0.15, 0.2) is 0 Å². The van der Waals surface area contributed by atoms with Crippen molar-refractivity contribution >= 4 is 11.8 Å². The van der Waals surface area contributed by atoms with Gasteiger partial charge in [-0.3, -0.25) is 9.59 Å². The second kappa shape index (κ2) is 4.41. The summed E-state index contributed by atoms with van der Waals surface area (Å²) in [6.07, 6.45) is 1.63. The number of nitrogens with one attached hydrogen (secondary N) is 1. The zero-order valence-corrected chi connectivity index (χ0v) is 8.62. The van der Waals surface area contributed by atoms with Crippen molar-refractivity contribution in [1.82, 2.24) is 10.2 Å². The Labute approximate surface area is 83.6 Å². The van der Waals surface area contributed by atoms with Crippen LogP contribution in [0.4, 0.5) is 0 Å². The lowest BCUT2D eigenvalue weighted by atomic mass is 10.1. The van der Waals surface area contributed by atoms with Gasteiger partial charge >= 0.3 is 0 Å². The van der Waals surface area contributed by atoms with Gasteiger partial charge in [0.05, 0.1) is 6.04 Å². The number of carbonyl (C=O) groups excluding carboxylic acids is 2. The lowest BCUT2D eigenvalue weighted by molar-refractivity contribution is -0.137. The van der Waals surface area contributed by atoms with Crippen LogP contribution >= 0.6 is 0 Å². The molecule has 0 bridgehead atoms. The summed E-state index contributed by atoms with van der Waals surface area (Å²) in [5.74, 6) is -0.288. The van der Waals surface area contributed by atoms with Gasteiger partial charge in [0.15, 0.2) is 0 Å². The highest BCUT2D eigenvalue weighted by Gasteiger charge is 2.27. The average molecular weight is 199 g/mol. The first-order valence-electron chi connectivity index (χ1n) is 4.83. The van der Waals surface area contributed by atoms with Crippen molar-refractivity contribution in [2.24, 2.45) is 5.73 Å². The lowest BCUT2D eigenvalue weighted by Crippen LogP contribution is -2.53. The fraction of sp³-hybridized carbons (Fsp3) is 0.778. The largest absolute Gasteiger partial charge is 0.344 e. The summed E-state index contributed by atoms with van der Waals surface area (Å²) in [7, 11) is 1.74. The van der Waals surface area contributed by atoms with Crippen LogP contribution in [0, 0.1) is 0 Å². The molecule has 0 aliphatic carbocycles. The quantitative estimate of drug-likeness (QED) is 0.603. The molecule has 5 nitrogen and oxygen atoms in total. The van der Waals surface area contributed by atoms with Gasteiger partial charge in [-0.05, 0) is 19.8 Å². The van der Waals surface area contributed by atoms with E-state index in [1.165, 1.54) is 0 Å². The van der Waals surface area contributed by atoms with E-state index in [0.717, 1.165) is 13.0 Å². The van der Waals surface area contributed by atoms with E-state index in [4.69, 9.17) is 5.73 Å². The molecule has 0 aromatic carbocycles. The van der Waals surface area contributed by atoms with Crippen molar-refractivity contribution in [3.05, 3.63) is 0 Å². The summed E-state index contributed by atoms with van der Waals surface area (Å²) in [5.41, 5.74) is 5.40. The van der Waals surface area contributed by atoms with Crippen LogP contribution in [0.5, 0.6) is 0 Å². The highest BCUT2D eigenvalue weighted by Crippen LogP contribution is 2.09. The Morgan fingerprint density at radius 3 is 2.93 bits per heavy atom. The van der Waals surface area contributed by atoms with Crippen LogP contribution in [0.25, 0.3) is 0 Å². The molecule has 0 aromatic heterocycles. The summed E-state index contributed by atoms with van der Waals surface area (Å²) >= 11 is 0. The SMILES string of the molecule is C[C@H](N)C(=O)NC1CCCN(C)C1=O. The number of carbonyl (C=O) groups is 2. The molecule has 14 heavy (non-hydrogen) atoms. The first-order chi connectivity index (χ1) is 6.52. The van der Waals surface area contributed by atoms with Crippen molar-refractivity contribution in [3.63, 3.8) is 0 Å². The Hall–Kier alpha value is -1.10. The van der Waals surface area contributed by atoms with Gasteiger partial charge in [-0.2, -0.15) is 0 Å². The van der Waals surface area contributed by atoms with Gasteiger partial charge in [0, 0.05) is 13.6 Å². The number of rotatable bonds is 2.